The molecule has 0 unspecified atom stereocenters. The first-order valence-electron chi connectivity index (χ1n) is 13.3. The van der Waals surface area contributed by atoms with Gasteiger partial charge in [-0.25, -0.2) is 0 Å². The summed E-state index contributed by atoms with van der Waals surface area (Å²) in [5, 5.41) is 9.76. The zero-order valence-corrected chi connectivity index (χ0v) is 21.1. The number of hydrogen-bond donors (Lipinski definition) is 0. The fraction of sp³-hybridized carbons (Fsp3) is 0.500. The monoisotopic (exact) mass is 468 g/mol. The van der Waals surface area contributed by atoms with Crippen molar-refractivity contribution in [2.45, 2.75) is 77.3 Å². The number of piperidine rings is 1. The smallest absolute Gasteiger partial charge is 0.256 e. The molecule has 1 aliphatic carbocycles. The third-order valence-electron chi connectivity index (χ3n) is 7.95. The average Bonchev–Trinajstić information content (AvgIpc) is 3.45. The van der Waals surface area contributed by atoms with Gasteiger partial charge in [-0.15, -0.1) is 0 Å². The standard InChI is InChI=1S/C30H36N4O/c1-3-7-28-32-30(15-4-5-16-30)29(35)34(28)21-23-9-11-24(12-10-23)27-18-26(14-13-25(27)19-31)33-17-6-8-22(2)20-33/h9-14,18,22H,3-8,15-17,20-21H2,1-2H3/t22-/m1/s1. The molecule has 2 heterocycles. The van der Waals surface area contributed by atoms with E-state index in [0.717, 1.165) is 74.1 Å². The van der Waals surface area contributed by atoms with Gasteiger partial charge in [0.2, 0.25) is 0 Å². The quantitative estimate of drug-likeness (QED) is 0.499. The van der Waals surface area contributed by atoms with Gasteiger partial charge in [-0.05, 0) is 67.3 Å². The normalized spacial score (nSPS) is 21.5. The van der Waals surface area contributed by atoms with Crippen molar-refractivity contribution in [1.82, 2.24) is 4.90 Å². The predicted molar refractivity (Wildman–Crippen MR) is 141 cm³/mol. The molecule has 1 atom stereocenters. The lowest BCUT2D eigenvalue weighted by atomic mass is 9.96. The molecular formula is C30H36N4O. The second-order valence-corrected chi connectivity index (χ2v) is 10.6. The van der Waals surface area contributed by atoms with E-state index in [0.29, 0.717) is 18.0 Å². The Morgan fingerprint density at radius 3 is 2.57 bits per heavy atom. The fourth-order valence-corrected chi connectivity index (χ4v) is 6.05. The lowest BCUT2D eigenvalue weighted by molar-refractivity contribution is -0.131. The second kappa shape index (κ2) is 9.85. The van der Waals surface area contributed by atoms with Crippen LogP contribution in [-0.2, 0) is 11.3 Å². The van der Waals surface area contributed by atoms with Crippen molar-refractivity contribution in [3.63, 3.8) is 0 Å². The molecule has 0 radical (unpaired) electrons. The maximum Gasteiger partial charge on any atom is 0.256 e. The summed E-state index contributed by atoms with van der Waals surface area (Å²) < 4.78 is 0. The highest BCUT2D eigenvalue weighted by atomic mass is 16.2. The summed E-state index contributed by atoms with van der Waals surface area (Å²) in [6.07, 6.45) is 8.29. The van der Waals surface area contributed by atoms with Crippen molar-refractivity contribution in [3.8, 4) is 17.2 Å². The topological polar surface area (TPSA) is 59.7 Å². The minimum absolute atomic E-state index is 0.192. The molecule has 182 valence electrons. The number of amides is 1. The van der Waals surface area contributed by atoms with E-state index in [1.165, 1.54) is 18.5 Å². The number of anilines is 1. The van der Waals surface area contributed by atoms with Crippen LogP contribution in [-0.4, -0.2) is 35.3 Å². The van der Waals surface area contributed by atoms with Crippen molar-refractivity contribution in [1.29, 1.82) is 5.26 Å². The Morgan fingerprint density at radius 1 is 1.11 bits per heavy atom. The SMILES string of the molecule is CCCC1=NC2(CCCC2)C(=O)N1Cc1ccc(-c2cc(N3CCC[C@@H](C)C3)ccc2C#N)cc1. The van der Waals surface area contributed by atoms with Crippen LogP contribution in [0.2, 0.25) is 0 Å². The van der Waals surface area contributed by atoms with E-state index in [1.54, 1.807) is 0 Å². The molecule has 1 spiro atoms. The van der Waals surface area contributed by atoms with E-state index in [9.17, 15) is 10.1 Å². The summed E-state index contributed by atoms with van der Waals surface area (Å²) in [6.45, 7) is 7.16. The summed E-state index contributed by atoms with van der Waals surface area (Å²) in [6, 6.07) is 17.0. The number of amidine groups is 1. The number of aliphatic imine (C=N–C) groups is 1. The molecule has 5 nitrogen and oxygen atoms in total. The van der Waals surface area contributed by atoms with Crippen LogP contribution in [0.4, 0.5) is 5.69 Å². The molecule has 1 saturated heterocycles. The van der Waals surface area contributed by atoms with Gasteiger partial charge in [0.15, 0.2) is 0 Å². The summed E-state index contributed by atoms with van der Waals surface area (Å²) in [5.74, 6) is 1.84. The van der Waals surface area contributed by atoms with E-state index < -0.39 is 5.54 Å². The molecule has 1 saturated carbocycles. The minimum atomic E-state index is -0.488. The molecule has 0 aromatic heterocycles. The Labute approximate surface area is 209 Å². The van der Waals surface area contributed by atoms with Crippen molar-refractivity contribution in [3.05, 3.63) is 53.6 Å². The maximum absolute atomic E-state index is 13.4. The van der Waals surface area contributed by atoms with E-state index >= 15 is 0 Å². The van der Waals surface area contributed by atoms with E-state index in [4.69, 9.17) is 4.99 Å². The van der Waals surface area contributed by atoms with Crippen LogP contribution in [0.1, 0.15) is 76.3 Å². The molecular weight excluding hydrogens is 432 g/mol. The van der Waals surface area contributed by atoms with E-state index in [-0.39, 0.29) is 5.91 Å². The number of carbonyl (C=O) groups is 1. The third-order valence-corrected chi connectivity index (χ3v) is 7.95. The van der Waals surface area contributed by atoms with Crippen LogP contribution >= 0.6 is 0 Å². The second-order valence-electron chi connectivity index (χ2n) is 10.6. The molecule has 2 aromatic carbocycles. The molecule has 2 aromatic rings. The lowest BCUT2D eigenvalue weighted by Crippen LogP contribution is -2.40. The molecule has 3 aliphatic rings. The largest absolute Gasteiger partial charge is 0.371 e. The van der Waals surface area contributed by atoms with Gasteiger partial charge < -0.3 is 4.90 Å². The maximum atomic E-state index is 13.4. The minimum Gasteiger partial charge on any atom is -0.371 e. The van der Waals surface area contributed by atoms with Crippen molar-refractivity contribution < 1.29 is 4.79 Å². The predicted octanol–water partition coefficient (Wildman–Crippen LogP) is 6.32. The van der Waals surface area contributed by atoms with Gasteiger partial charge in [0.05, 0.1) is 18.2 Å². The summed E-state index contributed by atoms with van der Waals surface area (Å²) >= 11 is 0. The Morgan fingerprint density at radius 2 is 1.89 bits per heavy atom. The van der Waals surface area contributed by atoms with Gasteiger partial charge in [0.1, 0.15) is 11.4 Å². The Kier molecular flexibility index (Phi) is 6.65. The van der Waals surface area contributed by atoms with Gasteiger partial charge in [0.25, 0.3) is 5.91 Å². The Hall–Kier alpha value is -3.13. The summed E-state index contributed by atoms with van der Waals surface area (Å²) in [5.41, 5.74) is 4.52. The first-order chi connectivity index (χ1) is 17.0. The molecule has 0 N–H and O–H groups in total. The van der Waals surface area contributed by atoms with E-state index in [2.05, 4.69) is 61.2 Å². The fourth-order valence-electron chi connectivity index (χ4n) is 6.05. The lowest BCUT2D eigenvalue weighted by Gasteiger charge is -2.33. The number of benzene rings is 2. The third kappa shape index (κ3) is 4.59. The van der Waals surface area contributed by atoms with Crippen LogP contribution in [0.25, 0.3) is 11.1 Å². The molecule has 5 heteroatoms. The molecule has 2 aliphatic heterocycles. The number of carbonyl (C=O) groups excluding carboxylic acids is 1. The molecule has 2 fully saturated rings. The van der Waals surface area contributed by atoms with Crippen LogP contribution in [0.5, 0.6) is 0 Å². The van der Waals surface area contributed by atoms with Gasteiger partial charge in [-0.2, -0.15) is 5.26 Å². The molecule has 1 amide bonds. The van der Waals surface area contributed by atoms with Gasteiger partial charge >= 0.3 is 0 Å². The number of nitriles is 1. The van der Waals surface area contributed by atoms with Gasteiger partial charge in [0, 0.05) is 30.8 Å². The van der Waals surface area contributed by atoms with Crippen LogP contribution in [0, 0.1) is 17.2 Å². The van der Waals surface area contributed by atoms with Gasteiger partial charge in [-0.3, -0.25) is 14.7 Å². The van der Waals surface area contributed by atoms with Crippen molar-refractivity contribution in [2.75, 3.05) is 18.0 Å². The van der Waals surface area contributed by atoms with Crippen molar-refractivity contribution >= 4 is 17.4 Å². The van der Waals surface area contributed by atoms with Crippen LogP contribution < -0.4 is 4.90 Å². The highest BCUT2D eigenvalue weighted by molar-refractivity contribution is 6.08. The zero-order chi connectivity index (χ0) is 24.4. The zero-order valence-electron chi connectivity index (χ0n) is 21.1. The highest BCUT2D eigenvalue weighted by Gasteiger charge is 2.49. The Bertz CT molecular complexity index is 1150. The first-order valence-corrected chi connectivity index (χ1v) is 13.3. The molecule has 35 heavy (non-hydrogen) atoms. The summed E-state index contributed by atoms with van der Waals surface area (Å²) in [7, 11) is 0. The molecule has 0 bridgehead atoms. The van der Waals surface area contributed by atoms with Gasteiger partial charge in [-0.1, -0.05) is 51.0 Å². The van der Waals surface area contributed by atoms with E-state index in [1.807, 2.05) is 11.0 Å². The average molecular weight is 469 g/mol. The van der Waals surface area contributed by atoms with Crippen LogP contribution in [0.15, 0.2) is 47.5 Å². The molecule has 5 rings (SSSR count). The number of rotatable bonds is 6. The number of nitrogens with zero attached hydrogens (tertiary/aromatic N) is 4. The van der Waals surface area contributed by atoms with Crippen LogP contribution in [0.3, 0.4) is 0 Å². The van der Waals surface area contributed by atoms with Crippen molar-refractivity contribution in [2.24, 2.45) is 10.9 Å². The summed E-state index contributed by atoms with van der Waals surface area (Å²) in [4.78, 5) is 22.7. The highest BCUT2D eigenvalue weighted by Crippen LogP contribution is 2.40. The first kappa shape index (κ1) is 23.6. The Balaban J connectivity index is 1.37. The number of hydrogen-bond acceptors (Lipinski definition) is 4.